The fraction of sp³-hybridized carbons (Fsp3) is 0.857. The molecule has 108 valence electrons. The highest BCUT2D eigenvalue weighted by atomic mass is 32.2. The molecule has 0 saturated carbocycles. The molecule has 0 aliphatic rings. The number of ether oxygens (including phenoxy) is 1. The van der Waals surface area contributed by atoms with Gasteiger partial charge < -0.3 is 4.90 Å². The van der Waals surface area contributed by atoms with E-state index < -0.39 is 40.9 Å². The molecule has 0 aromatic rings. The second-order valence-electron chi connectivity index (χ2n) is 3.16. The van der Waals surface area contributed by atoms with E-state index in [1.165, 1.54) is 0 Å². The number of hydrogen-bond acceptors (Lipinski definition) is 4. The van der Waals surface area contributed by atoms with Crippen LogP contribution in [-0.2, 0) is 19.6 Å². The molecule has 0 radical (unpaired) electrons. The Balaban J connectivity index is 4.35. The van der Waals surface area contributed by atoms with Gasteiger partial charge in [0.1, 0.15) is 0 Å². The van der Waals surface area contributed by atoms with Crippen molar-refractivity contribution >= 4 is 15.9 Å². The predicted octanol–water partition coefficient (Wildman–Crippen LogP) is -0.174. The van der Waals surface area contributed by atoms with Crippen LogP contribution in [0.5, 0.6) is 0 Å². The summed E-state index contributed by atoms with van der Waals surface area (Å²) in [5.41, 5.74) is 0. The Morgan fingerprint density at radius 1 is 1.44 bits per heavy atom. The monoisotopic (exact) mass is 296 g/mol. The van der Waals surface area contributed by atoms with Gasteiger partial charge in [-0.15, -0.1) is 13.2 Å². The number of amides is 1. The summed E-state index contributed by atoms with van der Waals surface area (Å²) in [6.45, 7) is -0.469. The first-order chi connectivity index (χ1) is 7.98. The average Bonchev–Trinajstić information content (AvgIpc) is 2.22. The molecule has 11 heteroatoms. The van der Waals surface area contributed by atoms with Crippen molar-refractivity contribution in [2.45, 2.75) is 12.7 Å². The zero-order valence-electron chi connectivity index (χ0n) is 9.49. The summed E-state index contributed by atoms with van der Waals surface area (Å²) in [6, 6.07) is 0. The maximum atomic E-state index is 12.7. The number of rotatable bonds is 6. The Morgan fingerprint density at radius 2 is 1.94 bits per heavy atom. The summed E-state index contributed by atoms with van der Waals surface area (Å²) in [4.78, 5) is 11.5. The van der Waals surface area contributed by atoms with E-state index in [0.717, 1.165) is 14.1 Å². The van der Waals surface area contributed by atoms with Crippen LogP contribution in [-0.4, -0.2) is 58.3 Å². The minimum Gasteiger partial charge on any atom is -0.340 e. The topological polar surface area (TPSA) is 75.7 Å². The molecule has 0 heterocycles. The Morgan fingerprint density at radius 3 is 2.33 bits per heavy atom. The van der Waals surface area contributed by atoms with E-state index >= 15 is 0 Å². The third-order valence-electron chi connectivity index (χ3n) is 1.81. The van der Waals surface area contributed by atoms with Crippen LogP contribution in [0, 0.1) is 0 Å². The molecule has 0 bridgehead atoms. The number of sulfonamides is 1. The van der Waals surface area contributed by atoms with Gasteiger partial charge in [0.05, 0.1) is 5.75 Å². The Labute approximate surface area is 101 Å². The first-order valence-corrected chi connectivity index (χ1v) is 6.18. The van der Waals surface area contributed by atoms with Crippen LogP contribution in [0.3, 0.4) is 0 Å². The molecule has 0 aromatic heterocycles. The molecule has 18 heavy (non-hydrogen) atoms. The lowest BCUT2D eigenvalue weighted by Crippen LogP contribution is -2.41. The standard InChI is InChI=1S/C7H12F4N2O4S/c1-12-18(15,16)4-3-13(2)6(14)5(8)17-7(9,10)11/h5,12H,3-4H2,1-2H3. The zero-order chi connectivity index (χ0) is 14.6. The van der Waals surface area contributed by atoms with Crippen molar-refractivity contribution in [1.29, 1.82) is 0 Å². The van der Waals surface area contributed by atoms with E-state index in [1.54, 1.807) is 0 Å². The molecule has 0 aromatic carbocycles. The van der Waals surface area contributed by atoms with Gasteiger partial charge in [0.25, 0.3) is 12.3 Å². The van der Waals surface area contributed by atoms with E-state index in [4.69, 9.17) is 0 Å². The first kappa shape index (κ1) is 17.1. The third kappa shape index (κ3) is 6.71. The van der Waals surface area contributed by atoms with Crippen LogP contribution in [0.2, 0.25) is 0 Å². The number of likely N-dealkylation sites (N-methyl/N-ethyl adjacent to an activating group) is 1. The van der Waals surface area contributed by atoms with Crippen LogP contribution >= 0.6 is 0 Å². The van der Waals surface area contributed by atoms with Crippen LogP contribution in [0.1, 0.15) is 0 Å². The van der Waals surface area contributed by atoms with Crippen molar-refractivity contribution in [2.24, 2.45) is 0 Å². The van der Waals surface area contributed by atoms with Gasteiger partial charge >= 0.3 is 6.36 Å². The fourth-order valence-corrected chi connectivity index (χ4v) is 1.53. The summed E-state index contributed by atoms with van der Waals surface area (Å²) < 4.78 is 74.3. The Bertz CT molecular complexity index is 383. The average molecular weight is 296 g/mol. The molecule has 0 rings (SSSR count). The van der Waals surface area contributed by atoms with Gasteiger partial charge in [-0.3, -0.25) is 4.79 Å². The number of hydrogen-bond donors (Lipinski definition) is 1. The van der Waals surface area contributed by atoms with Crippen LogP contribution in [0.25, 0.3) is 0 Å². The second kappa shape index (κ2) is 6.29. The molecular weight excluding hydrogens is 284 g/mol. The van der Waals surface area contributed by atoms with Crippen molar-refractivity contribution < 1.29 is 35.5 Å². The number of halogens is 4. The van der Waals surface area contributed by atoms with Gasteiger partial charge in [-0.2, -0.15) is 0 Å². The normalized spacial score (nSPS) is 14.3. The molecule has 1 N–H and O–H groups in total. The first-order valence-electron chi connectivity index (χ1n) is 4.53. The lowest BCUT2D eigenvalue weighted by molar-refractivity contribution is -0.354. The van der Waals surface area contributed by atoms with Crippen molar-refractivity contribution in [3.8, 4) is 0 Å². The lowest BCUT2D eigenvalue weighted by atomic mass is 10.5. The van der Waals surface area contributed by atoms with Gasteiger partial charge in [-0.25, -0.2) is 22.3 Å². The number of nitrogens with one attached hydrogen (secondary N) is 1. The van der Waals surface area contributed by atoms with Crippen molar-refractivity contribution in [3.05, 3.63) is 0 Å². The summed E-state index contributed by atoms with van der Waals surface area (Å²) in [5, 5.41) is 0. The Hall–Kier alpha value is -0.940. The second-order valence-corrected chi connectivity index (χ2v) is 5.21. The smallest absolute Gasteiger partial charge is 0.340 e. The minimum atomic E-state index is -5.28. The Kier molecular flexibility index (Phi) is 5.96. The number of carbonyl (C=O) groups excluding carboxylic acids is 1. The van der Waals surface area contributed by atoms with Gasteiger partial charge in [0.15, 0.2) is 0 Å². The minimum absolute atomic E-state index is 0.469. The molecule has 1 amide bonds. The van der Waals surface area contributed by atoms with E-state index in [-0.39, 0.29) is 0 Å². The molecule has 0 aliphatic carbocycles. The summed E-state index contributed by atoms with van der Waals surface area (Å²) in [6.07, 6.45) is -8.50. The largest absolute Gasteiger partial charge is 0.525 e. The molecule has 0 aliphatic heterocycles. The lowest BCUT2D eigenvalue weighted by Gasteiger charge is -2.19. The summed E-state index contributed by atoms with van der Waals surface area (Å²) in [5.74, 6) is -2.18. The van der Waals surface area contributed by atoms with Crippen LogP contribution in [0.4, 0.5) is 17.6 Å². The molecule has 0 fully saturated rings. The predicted molar refractivity (Wildman–Crippen MR) is 52.5 cm³/mol. The van der Waals surface area contributed by atoms with Crippen molar-refractivity contribution in [1.82, 2.24) is 9.62 Å². The van der Waals surface area contributed by atoms with E-state index in [1.807, 2.05) is 4.72 Å². The zero-order valence-corrected chi connectivity index (χ0v) is 10.3. The molecule has 1 atom stereocenters. The number of carbonyl (C=O) groups is 1. The third-order valence-corrected chi connectivity index (χ3v) is 3.16. The maximum Gasteiger partial charge on any atom is 0.525 e. The van der Waals surface area contributed by atoms with E-state index in [9.17, 15) is 30.8 Å². The molecule has 6 nitrogen and oxygen atoms in total. The van der Waals surface area contributed by atoms with Crippen LogP contribution < -0.4 is 4.72 Å². The molecule has 0 saturated heterocycles. The summed E-state index contributed by atoms with van der Waals surface area (Å²) >= 11 is 0. The van der Waals surface area contributed by atoms with Gasteiger partial charge in [0, 0.05) is 13.6 Å². The number of alkyl halides is 4. The quantitative estimate of drug-likeness (QED) is 0.690. The van der Waals surface area contributed by atoms with Gasteiger partial charge in [0.2, 0.25) is 10.0 Å². The highest BCUT2D eigenvalue weighted by Crippen LogP contribution is 2.20. The van der Waals surface area contributed by atoms with Gasteiger partial charge in [-0.05, 0) is 7.05 Å². The SMILES string of the molecule is CNS(=O)(=O)CCN(C)C(=O)C(F)OC(F)(F)F. The van der Waals surface area contributed by atoms with Gasteiger partial charge in [-0.1, -0.05) is 0 Å². The molecule has 0 spiro atoms. The molecule has 1 unspecified atom stereocenters. The van der Waals surface area contributed by atoms with E-state index in [0.29, 0.717) is 4.90 Å². The number of nitrogens with zero attached hydrogens (tertiary/aromatic N) is 1. The fourth-order valence-electron chi connectivity index (χ4n) is 0.810. The highest BCUT2D eigenvalue weighted by molar-refractivity contribution is 7.89. The van der Waals surface area contributed by atoms with Crippen molar-refractivity contribution in [3.63, 3.8) is 0 Å². The highest BCUT2D eigenvalue weighted by Gasteiger charge is 2.38. The van der Waals surface area contributed by atoms with Crippen LogP contribution in [0.15, 0.2) is 0 Å². The van der Waals surface area contributed by atoms with E-state index in [2.05, 4.69) is 4.74 Å². The summed E-state index contributed by atoms with van der Waals surface area (Å²) in [7, 11) is -1.55. The van der Waals surface area contributed by atoms with Crippen molar-refractivity contribution in [2.75, 3.05) is 26.4 Å². The maximum absolute atomic E-state index is 12.7. The molecular formula is C7H12F4N2O4S.